The van der Waals surface area contributed by atoms with Gasteiger partial charge in [-0.2, -0.15) is 13.2 Å². The molecule has 1 aliphatic heterocycles. The van der Waals surface area contributed by atoms with Crippen LogP contribution in [0.3, 0.4) is 0 Å². The number of nitrogens with zero attached hydrogens (tertiary/aromatic N) is 1. The highest BCUT2D eigenvalue weighted by molar-refractivity contribution is 7.83. The summed E-state index contributed by atoms with van der Waals surface area (Å²) in [5, 5.41) is 3.81. The van der Waals surface area contributed by atoms with Crippen LogP contribution in [0.15, 0.2) is 41.6 Å². The minimum Gasteiger partial charge on any atom is -0.374 e. The van der Waals surface area contributed by atoms with Crippen molar-refractivity contribution in [2.24, 2.45) is 5.16 Å². The van der Waals surface area contributed by atoms with Crippen LogP contribution in [-0.4, -0.2) is 27.8 Å². The first kappa shape index (κ1) is 25.5. The number of benzene rings is 2. The zero-order chi connectivity index (χ0) is 24.4. The second kappa shape index (κ2) is 10.0. The van der Waals surface area contributed by atoms with Crippen LogP contribution in [0.4, 0.5) is 13.2 Å². The Hall–Kier alpha value is -2.10. The second-order valence-corrected chi connectivity index (χ2v) is 9.83. The van der Waals surface area contributed by atoms with Gasteiger partial charge in [0.15, 0.2) is 0 Å². The molecule has 2 aromatic carbocycles. The topological polar surface area (TPSA) is 67.8 Å². The van der Waals surface area contributed by atoms with Gasteiger partial charge in [-0.05, 0) is 54.8 Å². The first-order chi connectivity index (χ1) is 15.5. The van der Waals surface area contributed by atoms with Gasteiger partial charge < -0.3 is 4.84 Å². The van der Waals surface area contributed by atoms with Crippen LogP contribution in [0.2, 0.25) is 10.0 Å². The Labute approximate surface area is 201 Å². The Morgan fingerprint density at radius 1 is 1.21 bits per heavy atom. The van der Waals surface area contributed by atoms with E-state index in [0.717, 1.165) is 18.6 Å². The highest BCUT2D eigenvalue weighted by Gasteiger charge is 2.62. The molecule has 1 aliphatic rings. The maximum Gasteiger partial charge on any atom is 0.435 e. The number of oxime groups is 1. The van der Waals surface area contributed by atoms with Crippen LogP contribution >= 0.6 is 23.2 Å². The van der Waals surface area contributed by atoms with Gasteiger partial charge in [0.25, 0.3) is 11.5 Å². The Bertz CT molecular complexity index is 1100. The molecule has 0 saturated carbocycles. The fraction of sp³-hybridized carbons (Fsp3) is 0.364. The first-order valence-electron chi connectivity index (χ1n) is 10.1. The number of alkyl halides is 3. The number of nitrogens with one attached hydrogen (secondary N) is 1. The van der Waals surface area contributed by atoms with Crippen molar-refractivity contribution >= 4 is 45.8 Å². The Morgan fingerprint density at radius 3 is 2.45 bits per heavy atom. The summed E-state index contributed by atoms with van der Waals surface area (Å²) in [6.45, 7) is 3.59. The van der Waals surface area contributed by atoms with Gasteiger partial charge in [-0.3, -0.25) is 9.52 Å². The highest BCUT2D eigenvalue weighted by atomic mass is 35.5. The lowest BCUT2D eigenvalue weighted by Gasteiger charge is -2.29. The maximum absolute atomic E-state index is 14.1. The lowest BCUT2D eigenvalue weighted by molar-refractivity contribution is -0.275. The van der Waals surface area contributed by atoms with E-state index < -0.39 is 35.1 Å². The molecule has 2 unspecified atom stereocenters. The predicted octanol–water partition coefficient (Wildman–Crippen LogP) is 6.08. The summed E-state index contributed by atoms with van der Waals surface area (Å²) in [6, 6.07) is 8.12. The molecule has 0 bridgehead atoms. The fourth-order valence-electron chi connectivity index (χ4n) is 3.43. The van der Waals surface area contributed by atoms with E-state index in [-0.39, 0.29) is 26.9 Å². The summed E-state index contributed by atoms with van der Waals surface area (Å²) in [5.74, 6) is -0.170. The van der Waals surface area contributed by atoms with Crippen molar-refractivity contribution < 1.29 is 27.0 Å². The van der Waals surface area contributed by atoms with Crippen LogP contribution in [0, 0.1) is 6.92 Å². The molecule has 1 amide bonds. The molecule has 0 aromatic heterocycles. The summed E-state index contributed by atoms with van der Waals surface area (Å²) in [6.07, 6.45) is -3.84. The van der Waals surface area contributed by atoms with Crippen LogP contribution in [-0.2, 0) is 21.4 Å². The van der Waals surface area contributed by atoms with Gasteiger partial charge in [0.1, 0.15) is 11.0 Å². The van der Waals surface area contributed by atoms with Crippen molar-refractivity contribution in [2.45, 2.75) is 44.9 Å². The molecule has 0 aliphatic carbocycles. The second-order valence-electron chi connectivity index (χ2n) is 7.65. The number of carbonyl (C=O) groups excluding carboxylic acids is 1. The fourth-order valence-corrected chi connectivity index (χ4v) is 4.92. The summed E-state index contributed by atoms with van der Waals surface area (Å²) in [7, 11) is -1.50. The largest absolute Gasteiger partial charge is 0.435 e. The van der Waals surface area contributed by atoms with Crippen LogP contribution in [0.25, 0.3) is 0 Å². The van der Waals surface area contributed by atoms with Gasteiger partial charge in [-0.25, -0.2) is 4.21 Å². The average Bonchev–Trinajstić information content (AvgIpc) is 3.18. The number of hydrogen-bond donors (Lipinski definition) is 1. The molecule has 11 heteroatoms. The van der Waals surface area contributed by atoms with Crippen molar-refractivity contribution in [3.05, 3.63) is 68.7 Å². The molecular weight excluding hydrogens is 500 g/mol. The summed E-state index contributed by atoms with van der Waals surface area (Å²) < 4.78 is 56.8. The van der Waals surface area contributed by atoms with Gasteiger partial charge in [0.05, 0.1) is 5.71 Å². The van der Waals surface area contributed by atoms with Gasteiger partial charge in [0, 0.05) is 33.3 Å². The van der Waals surface area contributed by atoms with Crippen molar-refractivity contribution in [3.8, 4) is 0 Å². The quantitative estimate of drug-likeness (QED) is 0.481. The van der Waals surface area contributed by atoms with E-state index in [4.69, 9.17) is 28.0 Å². The standard InChI is InChI=1S/C22H21Cl2F3N2O3S/c1-3-4-7-33(31)29-20(30)18-6-5-14(8-13(18)2)19-12-21(32-28-19,22(25,26)27)15-9-16(23)11-17(24)10-15/h5-6,8-11H,3-4,7,12H2,1-2H3,(H,29,30). The number of amides is 1. The highest BCUT2D eigenvalue weighted by Crippen LogP contribution is 2.49. The summed E-state index contributed by atoms with van der Waals surface area (Å²) in [4.78, 5) is 17.4. The molecule has 178 valence electrons. The van der Waals surface area contributed by atoms with E-state index >= 15 is 0 Å². The first-order valence-corrected chi connectivity index (χ1v) is 12.1. The molecule has 2 atom stereocenters. The smallest absolute Gasteiger partial charge is 0.374 e. The molecule has 5 nitrogen and oxygen atoms in total. The number of aryl methyl sites for hydroxylation is 1. The average molecular weight is 521 g/mol. The number of unbranched alkanes of at least 4 members (excludes halogenated alkanes) is 1. The molecule has 0 saturated heterocycles. The normalized spacial score (nSPS) is 19.1. The molecule has 1 heterocycles. The summed E-state index contributed by atoms with van der Waals surface area (Å²) >= 11 is 11.8. The lowest BCUT2D eigenvalue weighted by Crippen LogP contribution is -2.42. The molecule has 3 rings (SSSR count). The lowest BCUT2D eigenvalue weighted by atomic mass is 9.86. The van der Waals surface area contributed by atoms with Crippen LogP contribution < -0.4 is 4.72 Å². The van der Waals surface area contributed by atoms with Gasteiger partial charge in [-0.15, -0.1) is 0 Å². The number of hydrogen-bond acceptors (Lipinski definition) is 4. The minimum atomic E-state index is -4.80. The van der Waals surface area contributed by atoms with Crippen molar-refractivity contribution in [2.75, 3.05) is 5.75 Å². The zero-order valence-corrected chi connectivity index (χ0v) is 20.1. The Kier molecular flexibility index (Phi) is 7.76. The molecule has 1 N–H and O–H groups in total. The predicted molar refractivity (Wildman–Crippen MR) is 123 cm³/mol. The minimum absolute atomic E-state index is 0.0423. The SMILES string of the molecule is CCCCS(=O)NC(=O)c1ccc(C2=NOC(c3cc(Cl)cc(Cl)c3)(C(F)(F)F)C2)cc1C. The maximum atomic E-state index is 14.1. The van der Waals surface area contributed by atoms with Crippen molar-refractivity contribution in [1.29, 1.82) is 0 Å². The molecular formula is C22H21Cl2F3N2O3S. The van der Waals surface area contributed by atoms with E-state index in [1.54, 1.807) is 13.0 Å². The monoisotopic (exact) mass is 520 g/mol. The molecule has 0 fully saturated rings. The van der Waals surface area contributed by atoms with Crippen LogP contribution in [0.1, 0.15) is 53.2 Å². The number of halogens is 5. The van der Waals surface area contributed by atoms with Gasteiger partial charge >= 0.3 is 6.18 Å². The van der Waals surface area contributed by atoms with Crippen LogP contribution in [0.5, 0.6) is 0 Å². The molecule has 0 radical (unpaired) electrons. The third-order valence-electron chi connectivity index (χ3n) is 5.21. The van der Waals surface area contributed by atoms with E-state index in [0.29, 0.717) is 23.3 Å². The Balaban J connectivity index is 1.85. The third kappa shape index (κ3) is 5.53. The van der Waals surface area contributed by atoms with Gasteiger partial charge in [0.2, 0.25) is 0 Å². The molecule has 2 aromatic rings. The van der Waals surface area contributed by atoms with Crippen molar-refractivity contribution in [1.82, 2.24) is 4.72 Å². The Morgan fingerprint density at radius 2 is 1.88 bits per heavy atom. The van der Waals surface area contributed by atoms with E-state index in [9.17, 15) is 22.2 Å². The van der Waals surface area contributed by atoms with E-state index in [1.165, 1.54) is 18.2 Å². The number of carbonyl (C=O) groups is 1. The molecule has 0 spiro atoms. The van der Waals surface area contributed by atoms with Crippen molar-refractivity contribution in [3.63, 3.8) is 0 Å². The third-order valence-corrected chi connectivity index (χ3v) is 6.72. The van der Waals surface area contributed by atoms with E-state index in [2.05, 4.69) is 9.88 Å². The zero-order valence-electron chi connectivity index (χ0n) is 17.8. The summed E-state index contributed by atoms with van der Waals surface area (Å²) in [5.41, 5.74) is -1.80. The van der Waals surface area contributed by atoms with Gasteiger partial charge in [-0.1, -0.05) is 47.8 Å². The number of rotatable bonds is 7. The van der Waals surface area contributed by atoms with E-state index in [1.807, 2.05) is 6.92 Å². The molecule has 33 heavy (non-hydrogen) atoms.